The van der Waals surface area contributed by atoms with Crippen LogP contribution in [-0.4, -0.2) is 0 Å². The zero-order valence-electron chi connectivity index (χ0n) is 29.4. The van der Waals surface area contributed by atoms with Crippen LogP contribution in [0.1, 0.15) is 176 Å². The fourth-order valence-electron chi connectivity index (χ4n) is 5.87. The average molecular weight is 533 g/mol. The molecule has 39 heavy (non-hydrogen) atoms. The molecule has 0 unspecified atom stereocenters. The highest BCUT2D eigenvalue weighted by Gasteiger charge is 2.31. The highest BCUT2D eigenvalue weighted by Crippen LogP contribution is 2.41. The van der Waals surface area contributed by atoms with Gasteiger partial charge in [-0.25, -0.2) is 0 Å². The van der Waals surface area contributed by atoms with E-state index in [1.54, 1.807) is 11.1 Å². The van der Waals surface area contributed by atoms with Crippen molar-refractivity contribution in [3.8, 4) is 0 Å². The van der Waals surface area contributed by atoms with Gasteiger partial charge in [-0.3, -0.25) is 0 Å². The van der Waals surface area contributed by atoms with Gasteiger partial charge in [-0.05, 0) is 96.3 Å². The van der Waals surface area contributed by atoms with Crippen LogP contribution in [0.25, 0.3) is 0 Å². The summed E-state index contributed by atoms with van der Waals surface area (Å²) in [5, 5.41) is 0. The number of benzene rings is 2. The van der Waals surface area contributed by atoms with Gasteiger partial charge in [0.25, 0.3) is 0 Å². The number of rotatable bonds is 4. The molecule has 0 nitrogen and oxygen atoms in total. The highest BCUT2D eigenvalue weighted by molar-refractivity contribution is 5.49. The van der Waals surface area contributed by atoms with Crippen LogP contribution in [0, 0.1) is 0 Å². The van der Waals surface area contributed by atoms with Crippen LogP contribution < -0.4 is 0 Å². The number of hydrogen-bond donors (Lipinski definition) is 0. The van der Waals surface area contributed by atoms with Crippen LogP contribution in [0.4, 0.5) is 0 Å². The molecule has 0 aromatic heterocycles. The van der Waals surface area contributed by atoms with Crippen molar-refractivity contribution in [3.63, 3.8) is 0 Å². The molecule has 220 valence electrons. The van der Waals surface area contributed by atoms with E-state index in [2.05, 4.69) is 149 Å². The Balaban J connectivity index is 2.71. The maximum atomic E-state index is 2.53. The lowest BCUT2D eigenvalue weighted by Gasteiger charge is -2.35. The zero-order chi connectivity index (χ0) is 30.6. The standard InChI is InChI=1S/C39H64/c1-34(2,3)26-22-30(36(7,8)9)28(31(23-26)37(10,11)12)20-19-21-29-32(38(13,14)15)24-27(35(4,5)6)25-33(29)39(16,17)18/h22-25H,19-21H2,1-18H3. The predicted octanol–water partition coefficient (Wildman–Crippen LogP) is 11.6. The molecule has 0 aliphatic rings. The second kappa shape index (κ2) is 10.7. The lowest BCUT2D eigenvalue weighted by molar-refractivity contribution is 0.529. The van der Waals surface area contributed by atoms with Gasteiger partial charge in [-0.1, -0.05) is 149 Å². The van der Waals surface area contributed by atoms with Gasteiger partial charge in [0.15, 0.2) is 0 Å². The molecule has 2 rings (SSSR count). The maximum absolute atomic E-state index is 2.53. The molecule has 0 saturated carbocycles. The van der Waals surface area contributed by atoms with Crippen LogP contribution in [0.2, 0.25) is 0 Å². The third-order valence-corrected chi connectivity index (χ3v) is 8.32. The van der Waals surface area contributed by atoms with Crippen LogP contribution in [0.15, 0.2) is 24.3 Å². The SMILES string of the molecule is CC(C)(C)c1cc(C(C)(C)C)c(CCCc2c(C(C)(C)C)cc(C(C)(C)C)cc2C(C)(C)C)c(C(C)(C)C)c1. The second-order valence-electron chi connectivity index (χ2n) is 18.5. The van der Waals surface area contributed by atoms with E-state index >= 15 is 0 Å². The highest BCUT2D eigenvalue weighted by atomic mass is 14.4. The fraction of sp³-hybridized carbons (Fsp3) is 0.692. The summed E-state index contributed by atoms with van der Waals surface area (Å²) in [7, 11) is 0. The van der Waals surface area contributed by atoms with Gasteiger partial charge in [0.1, 0.15) is 0 Å². The molecule has 0 aliphatic heterocycles. The minimum absolute atomic E-state index is 0.109. The van der Waals surface area contributed by atoms with Crippen molar-refractivity contribution in [3.05, 3.63) is 68.8 Å². The molecule has 0 atom stereocenters. The molecule has 0 bridgehead atoms. The van der Waals surface area contributed by atoms with Crippen LogP contribution in [-0.2, 0) is 45.3 Å². The minimum atomic E-state index is 0.109. The first-order valence-electron chi connectivity index (χ1n) is 15.5. The van der Waals surface area contributed by atoms with Crippen molar-refractivity contribution in [1.82, 2.24) is 0 Å². The Morgan fingerprint density at radius 2 is 0.538 bits per heavy atom. The summed E-state index contributed by atoms with van der Waals surface area (Å²) < 4.78 is 0. The summed E-state index contributed by atoms with van der Waals surface area (Å²) in [6, 6.07) is 10.1. The lowest BCUT2D eigenvalue weighted by Crippen LogP contribution is -2.25. The zero-order valence-corrected chi connectivity index (χ0v) is 29.4. The molecule has 0 spiro atoms. The smallest absolute Gasteiger partial charge is 0.0129 e. The largest absolute Gasteiger partial charge is 0.0561 e. The van der Waals surface area contributed by atoms with E-state index < -0.39 is 0 Å². The monoisotopic (exact) mass is 533 g/mol. The molecule has 0 fully saturated rings. The fourth-order valence-corrected chi connectivity index (χ4v) is 5.87. The van der Waals surface area contributed by atoms with E-state index in [-0.39, 0.29) is 32.5 Å². The van der Waals surface area contributed by atoms with Crippen molar-refractivity contribution in [2.75, 3.05) is 0 Å². The molecule has 0 N–H and O–H groups in total. The van der Waals surface area contributed by atoms with Crippen LogP contribution >= 0.6 is 0 Å². The molecule has 2 aromatic rings. The Labute approximate surface area is 244 Å². The topological polar surface area (TPSA) is 0 Å². The van der Waals surface area contributed by atoms with E-state index in [1.807, 2.05) is 0 Å². The Hall–Kier alpha value is -1.56. The lowest BCUT2D eigenvalue weighted by atomic mass is 9.70. The van der Waals surface area contributed by atoms with Gasteiger partial charge < -0.3 is 0 Å². The van der Waals surface area contributed by atoms with Crippen molar-refractivity contribution in [2.24, 2.45) is 0 Å². The quantitative estimate of drug-likeness (QED) is 0.367. The van der Waals surface area contributed by atoms with Crippen LogP contribution in [0.3, 0.4) is 0 Å². The van der Waals surface area contributed by atoms with Crippen molar-refractivity contribution in [2.45, 2.75) is 176 Å². The molecular formula is C39H64. The maximum Gasteiger partial charge on any atom is -0.0129 e. The van der Waals surface area contributed by atoms with Crippen molar-refractivity contribution in [1.29, 1.82) is 0 Å². The Morgan fingerprint density at radius 3 is 0.692 bits per heavy atom. The van der Waals surface area contributed by atoms with Gasteiger partial charge in [-0.15, -0.1) is 0 Å². The predicted molar refractivity (Wildman–Crippen MR) is 177 cm³/mol. The summed E-state index contributed by atoms with van der Waals surface area (Å²) in [5.74, 6) is 0. The van der Waals surface area contributed by atoms with E-state index in [9.17, 15) is 0 Å². The van der Waals surface area contributed by atoms with Crippen LogP contribution in [0.5, 0.6) is 0 Å². The van der Waals surface area contributed by atoms with Gasteiger partial charge in [-0.2, -0.15) is 0 Å². The minimum Gasteiger partial charge on any atom is -0.0561 e. The molecule has 0 heterocycles. The second-order valence-corrected chi connectivity index (χ2v) is 18.5. The van der Waals surface area contributed by atoms with Gasteiger partial charge >= 0.3 is 0 Å². The summed E-state index contributed by atoms with van der Waals surface area (Å²) in [6.45, 7) is 42.8. The first-order chi connectivity index (χ1) is 17.1. The van der Waals surface area contributed by atoms with E-state index in [0.29, 0.717) is 0 Å². The summed E-state index contributed by atoms with van der Waals surface area (Å²) >= 11 is 0. The van der Waals surface area contributed by atoms with Gasteiger partial charge in [0.2, 0.25) is 0 Å². The third kappa shape index (κ3) is 8.24. The van der Waals surface area contributed by atoms with Gasteiger partial charge in [0, 0.05) is 0 Å². The Morgan fingerprint density at radius 1 is 0.333 bits per heavy atom. The van der Waals surface area contributed by atoms with E-state index in [0.717, 1.165) is 12.8 Å². The Bertz CT molecular complexity index is 980. The molecule has 0 saturated heterocycles. The first-order valence-corrected chi connectivity index (χ1v) is 15.5. The first kappa shape index (κ1) is 33.6. The molecule has 0 aliphatic carbocycles. The molecule has 0 radical (unpaired) electrons. The molecule has 0 heteroatoms. The number of hydrogen-bond acceptors (Lipinski definition) is 0. The normalized spacial score (nSPS) is 14.2. The van der Waals surface area contributed by atoms with Crippen molar-refractivity contribution >= 4 is 0 Å². The summed E-state index contributed by atoms with van der Waals surface area (Å²) in [4.78, 5) is 0. The molecule has 0 amide bonds. The third-order valence-electron chi connectivity index (χ3n) is 8.32. The summed E-state index contributed by atoms with van der Waals surface area (Å²) in [5.41, 5.74) is 13.0. The van der Waals surface area contributed by atoms with Crippen molar-refractivity contribution < 1.29 is 0 Å². The van der Waals surface area contributed by atoms with Gasteiger partial charge in [0.05, 0.1) is 0 Å². The van der Waals surface area contributed by atoms with E-state index in [1.165, 1.54) is 39.8 Å². The Kier molecular flexibility index (Phi) is 9.22. The molecule has 2 aromatic carbocycles. The molecular weight excluding hydrogens is 468 g/mol. The van der Waals surface area contributed by atoms with E-state index in [4.69, 9.17) is 0 Å². The summed E-state index contributed by atoms with van der Waals surface area (Å²) in [6.07, 6.45) is 3.41. The average Bonchev–Trinajstić information content (AvgIpc) is 2.68.